The van der Waals surface area contributed by atoms with Crippen LogP contribution < -0.4 is 5.32 Å². The lowest BCUT2D eigenvalue weighted by molar-refractivity contribution is -0.122. The second-order valence-electron chi connectivity index (χ2n) is 7.60. The Hall–Kier alpha value is -3.39. The number of imidazole rings is 1. The lowest BCUT2D eigenvalue weighted by Gasteiger charge is -2.32. The average molecular weight is 425 g/mol. The van der Waals surface area contributed by atoms with Gasteiger partial charge >= 0.3 is 6.03 Å². The summed E-state index contributed by atoms with van der Waals surface area (Å²) in [5.41, 5.74) is 3.96. The maximum Gasteiger partial charge on any atom is 0.317 e. The number of carbonyl (C=O) groups is 2. The number of rotatable bonds is 5. The Kier molecular flexibility index (Phi) is 8.00. The average Bonchev–Trinajstić information content (AvgIpc) is 3.21. The summed E-state index contributed by atoms with van der Waals surface area (Å²) in [4.78, 5) is 30.9. The fourth-order valence-electron chi connectivity index (χ4n) is 3.84. The highest BCUT2D eigenvalue weighted by atomic mass is 16.3. The maximum atomic E-state index is 12.6. The Morgan fingerprint density at radius 2 is 1.90 bits per heavy atom. The Morgan fingerprint density at radius 1 is 1.19 bits per heavy atom. The number of likely N-dealkylation sites (tertiary alicyclic amines) is 1. The highest BCUT2D eigenvalue weighted by Crippen LogP contribution is 2.21. The van der Waals surface area contributed by atoms with Crippen molar-refractivity contribution in [2.75, 3.05) is 13.1 Å². The van der Waals surface area contributed by atoms with Gasteiger partial charge in [-0.25, -0.2) is 9.78 Å². The van der Waals surface area contributed by atoms with Crippen molar-refractivity contribution in [3.63, 3.8) is 0 Å². The van der Waals surface area contributed by atoms with Crippen molar-refractivity contribution in [2.24, 2.45) is 5.92 Å². The molecular weight excluding hydrogens is 396 g/mol. The van der Waals surface area contributed by atoms with Gasteiger partial charge in [-0.2, -0.15) is 0 Å². The van der Waals surface area contributed by atoms with Crippen LogP contribution in [-0.4, -0.2) is 50.7 Å². The van der Waals surface area contributed by atoms with E-state index in [-0.39, 0.29) is 19.1 Å². The molecule has 8 nitrogen and oxygen atoms in total. The van der Waals surface area contributed by atoms with Crippen LogP contribution in [0.15, 0.2) is 48.5 Å². The van der Waals surface area contributed by atoms with Gasteiger partial charge in [-0.05, 0) is 42.0 Å². The molecule has 3 aromatic rings. The second kappa shape index (κ2) is 11.1. The number of benzene rings is 2. The zero-order valence-corrected chi connectivity index (χ0v) is 17.3. The first-order chi connectivity index (χ1) is 15.1. The summed E-state index contributed by atoms with van der Waals surface area (Å²) in [6.07, 6.45) is 2.99. The molecular formula is C23H28N4O4. The first kappa shape index (κ1) is 22.3. The maximum absolute atomic E-state index is 12.6. The van der Waals surface area contributed by atoms with E-state index in [0.717, 1.165) is 60.3 Å². The van der Waals surface area contributed by atoms with Gasteiger partial charge in [0, 0.05) is 26.1 Å². The molecule has 1 atom stereocenters. The monoisotopic (exact) mass is 424 g/mol. The fraction of sp³-hybridized carbons (Fsp3) is 0.348. The summed E-state index contributed by atoms with van der Waals surface area (Å²) < 4.78 is 0. The van der Waals surface area contributed by atoms with Gasteiger partial charge in [0.15, 0.2) is 0 Å². The number of carbonyl (C=O) groups excluding carboxylic acids is 1. The van der Waals surface area contributed by atoms with Crippen molar-refractivity contribution in [1.29, 1.82) is 0 Å². The molecule has 164 valence electrons. The van der Waals surface area contributed by atoms with Gasteiger partial charge in [-0.1, -0.05) is 36.4 Å². The van der Waals surface area contributed by atoms with Crippen LogP contribution >= 0.6 is 0 Å². The van der Waals surface area contributed by atoms with E-state index in [1.807, 2.05) is 53.4 Å². The zero-order chi connectivity index (χ0) is 22.1. The highest BCUT2D eigenvalue weighted by Gasteiger charge is 2.24. The summed E-state index contributed by atoms with van der Waals surface area (Å²) in [6.45, 7) is 1.83. The predicted octanol–water partition coefficient (Wildman–Crippen LogP) is 2.92. The Labute approximate surface area is 180 Å². The second-order valence-corrected chi connectivity index (χ2v) is 7.60. The molecule has 1 unspecified atom stereocenters. The van der Waals surface area contributed by atoms with E-state index in [9.17, 15) is 4.79 Å². The third-order valence-corrected chi connectivity index (χ3v) is 5.38. The number of piperidine rings is 1. The van der Waals surface area contributed by atoms with E-state index in [0.29, 0.717) is 12.5 Å². The number of aliphatic hydroxyl groups is 1. The van der Waals surface area contributed by atoms with Gasteiger partial charge in [-0.15, -0.1) is 0 Å². The van der Waals surface area contributed by atoms with Crippen molar-refractivity contribution < 1.29 is 19.8 Å². The molecule has 4 rings (SSSR count). The normalized spacial score (nSPS) is 15.8. The van der Waals surface area contributed by atoms with Crippen LogP contribution in [-0.2, 0) is 24.4 Å². The number of aromatic amines is 1. The molecule has 1 fully saturated rings. The van der Waals surface area contributed by atoms with Crippen molar-refractivity contribution in [1.82, 2.24) is 20.2 Å². The third-order valence-electron chi connectivity index (χ3n) is 5.38. The number of aromatic nitrogens is 2. The Morgan fingerprint density at radius 3 is 2.61 bits per heavy atom. The number of hydrogen-bond acceptors (Lipinski definition) is 4. The minimum atomic E-state index is -0.250. The summed E-state index contributed by atoms with van der Waals surface area (Å²) in [7, 11) is 0. The molecule has 4 N–H and O–H groups in total. The van der Waals surface area contributed by atoms with E-state index in [2.05, 4.69) is 15.3 Å². The standard InChI is InChI=1S/C22H26N4O2.CH2O2/c27-15-17-9-7-16(8-10-17)13-23-22(28)26-11-3-4-18(14-26)12-21-24-19-5-1-2-6-20(19)25-21;2-1-3/h1-2,5-10,18,27H,3-4,11-15H2,(H,23,28)(H,24,25);1H,(H,2,3). The first-order valence-corrected chi connectivity index (χ1v) is 10.4. The lowest BCUT2D eigenvalue weighted by atomic mass is 9.95. The van der Waals surface area contributed by atoms with E-state index >= 15 is 0 Å². The number of amides is 2. The van der Waals surface area contributed by atoms with Crippen LogP contribution in [0.25, 0.3) is 11.0 Å². The van der Waals surface area contributed by atoms with Crippen LogP contribution in [0.5, 0.6) is 0 Å². The molecule has 1 aliphatic heterocycles. The topological polar surface area (TPSA) is 119 Å². The zero-order valence-electron chi connectivity index (χ0n) is 17.3. The molecule has 8 heteroatoms. The van der Waals surface area contributed by atoms with Gasteiger partial charge in [0.05, 0.1) is 17.6 Å². The number of nitrogens with one attached hydrogen (secondary N) is 2. The van der Waals surface area contributed by atoms with E-state index in [1.165, 1.54) is 0 Å². The molecule has 1 aliphatic rings. The van der Waals surface area contributed by atoms with Crippen molar-refractivity contribution >= 4 is 23.5 Å². The number of para-hydroxylation sites is 2. The first-order valence-electron chi connectivity index (χ1n) is 10.4. The van der Waals surface area contributed by atoms with E-state index in [4.69, 9.17) is 15.0 Å². The quantitative estimate of drug-likeness (QED) is 0.470. The largest absolute Gasteiger partial charge is 0.483 e. The molecule has 0 spiro atoms. The molecule has 1 aromatic heterocycles. The van der Waals surface area contributed by atoms with Crippen molar-refractivity contribution in [2.45, 2.75) is 32.4 Å². The van der Waals surface area contributed by atoms with Gasteiger partial charge in [0.25, 0.3) is 6.47 Å². The number of urea groups is 1. The SMILES string of the molecule is O=C(NCc1ccc(CO)cc1)N1CCCC(Cc2nc3ccccc3[nH]2)C1.O=CO. The molecule has 2 amide bonds. The summed E-state index contributed by atoms with van der Waals surface area (Å²) >= 11 is 0. The minimum absolute atomic E-state index is 0.0134. The van der Waals surface area contributed by atoms with Gasteiger partial charge in [0.2, 0.25) is 0 Å². The summed E-state index contributed by atoms with van der Waals surface area (Å²) in [5.74, 6) is 1.42. The number of nitrogens with zero attached hydrogens (tertiary/aromatic N) is 2. The van der Waals surface area contributed by atoms with Gasteiger partial charge < -0.3 is 25.4 Å². The molecule has 0 radical (unpaired) electrons. The van der Waals surface area contributed by atoms with Crippen LogP contribution in [0.2, 0.25) is 0 Å². The molecule has 0 bridgehead atoms. The third kappa shape index (κ3) is 6.29. The van der Waals surface area contributed by atoms with Gasteiger partial charge in [-0.3, -0.25) is 4.79 Å². The van der Waals surface area contributed by atoms with Crippen molar-refractivity contribution in [3.05, 3.63) is 65.5 Å². The van der Waals surface area contributed by atoms with Gasteiger partial charge in [0.1, 0.15) is 5.82 Å². The van der Waals surface area contributed by atoms with Crippen molar-refractivity contribution in [3.8, 4) is 0 Å². The summed E-state index contributed by atoms with van der Waals surface area (Å²) in [5, 5.41) is 19.0. The number of fused-ring (bicyclic) bond motifs is 1. The molecule has 2 aromatic carbocycles. The number of hydrogen-bond donors (Lipinski definition) is 4. The van der Waals surface area contributed by atoms with E-state index < -0.39 is 0 Å². The predicted molar refractivity (Wildman–Crippen MR) is 117 cm³/mol. The number of H-pyrrole nitrogens is 1. The molecule has 31 heavy (non-hydrogen) atoms. The van der Waals surface area contributed by atoms with Crippen LogP contribution in [0.1, 0.15) is 29.8 Å². The smallest absolute Gasteiger partial charge is 0.317 e. The minimum Gasteiger partial charge on any atom is -0.483 e. The Bertz CT molecular complexity index is 954. The lowest BCUT2D eigenvalue weighted by Crippen LogP contribution is -2.45. The number of carboxylic acid groups (broad SMARTS) is 1. The molecule has 0 saturated carbocycles. The molecule has 1 saturated heterocycles. The highest BCUT2D eigenvalue weighted by molar-refractivity contribution is 5.75. The molecule has 0 aliphatic carbocycles. The van der Waals surface area contributed by atoms with Crippen LogP contribution in [0, 0.1) is 5.92 Å². The fourth-order valence-corrected chi connectivity index (χ4v) is 3.84. The summed E-state index contributed by atoms with van der Waals surface area (Å²) in [6, 6.07) is 15.7. The molecule has 2 heterocycles. The Balaban J connectivity index is 0.000000858. The van der Waals surface area contributed by atoms with E-state index in [1.54, 1.807) is 0 Å². The van der Waals surface area contributed by atoms with Crippen LogP contribution in [0.3, 0.4) is 0 Å². The number of aliphatic hydroxyl groups excluding tert-OH is 1. The van der Waals surface area contributed by atoms with Crippen LogP contribution in [0.4, 0.5) is 4.79 Å².